The van der Waals surface area contributed by atoms with Gasteiger partial charge in [0.1, 0.15) is 0 Å². The first-order valence-electron chi connectivity index (χ1n) is 8.14. The minimum Gasteiger partial charge on any atom is -0.465 e. The Bertz CT molecular complexity index is 790. The highest BCUT2D eigenvalue weighted by Crippen LogP contribution is 2.30. The van der Waals surface area contributed by atoms with Crippen molar-refractivity contribution in [2.24, 2.45) is 0 Å². The van der Waals surface area contributed by atoms with Crippen molar-refractivity contribution in [1.82, 2.24) is 5.32 Å². The van der Waals surface area contributed by atoms with Gasteiger partial charge < -0.3 is 15.4 Å². The number of methoxy groups -OCH3 is 1. The van der Waals surface area contributed by atoms with Crippen molar-refractivity contribution in [3.63, 3.8) is 0 Å². The highest BCUT2D eigenvalue weighted by Gasteiger charge is 2.30. The van der Waals surface area contributed by atoms with Gasteiger partial charge in [-0.3, -0.25) is 4.79 Å². The molecule has 144 valence electrons. The van der Waals surface area contributed by atoms with Gasteiger partial charge in [0.2, 0.25) is 5.91 Å². The van der Waals surface area contributed by atoms with Gasteiger partial charge in [0, 0.05) is 12.2 Å². The van der Waals surface area contributed by atoms with Crippen molar-refractivity contribution in [2.45, 2.75) is 12.6 Å². The van der Waals surface area contributed by atoms with E-state index in [1.807, 2.05) is 0 Å². The summed E-state index contributed by atoms with van der Waals surface area (Å²) in [5, 5.41) is 5.35. The Labute approximate surface area is 154 Å². The molecule has 2 aromatic rings. The molecule has 0 radical (unpaired) electrons. The molecule has 0 aliphatic heterocycles. The quantitative estimate of drug-likeness (QED) is 0.724. The lowest BCUT2D eigenvalue weighted by Gasteiger charge is -2.11. The van der Waals surface area contributed by atoms with Crippen LogP contribution in [0.2, 0.25) is 0 Å². The third-order valence-electron chi connectivity index (χ3n) is 3.75. The number of amides is 1. The maximum Gasteiger partial charge on any atom is 0.416 e. The van der Waals surface area contributed by atoms with Crippen LogP contribution in [0.25, 0.3) is 0 Å². The predicted octanol–water partition coefficient (Wildman–Crippen LogP) is 3.26. The number of esters is 1. The molecule has 0 fully saturated rings. The summed E-state index contributed by atoms with van der Waals surface area (Å²) in [6.07, 6.45) is -3.87. The van der Waals surface area contributed by atoms with E-state index >= 15 is 0 Å². The predicted molar refractivity (Wildman–Crippen MR) is 94.4 cm³/mol. The zero-order chi connectivity index (χ0) is 19.9. The molecule has 0 atom stereocenters. The van der Waals surface area contributed by atoms with Crippen LogP contribution >= 0.6 is 0 Å². The number of halogens is 3. The van der Waals surface area contributed by atoms with Gasteiger partial charge >= 0.3 is 12.1 Å². The minimum atomic E-state index is -4.43. The summed E-state index contributed by atoms with van der Waals surface area (Å²) in [4.78, 5) is 23.2. The van der Waals surface area contributed by atoms with E-state index in [-0.39, 0.29) is 18.1 Å². The van der Waals surface area contributed by atoms with Gasteiger partial charge in [0.05, 0.1) is 24.8 Å². The Balaban J connectivity index is 1.76. The monoisotopic (exact) mass is 380 g/mol. The molecule has 0 aliphatic carbocycles. The number of rotatable bonds is 7. The number of carbonyl (C=O) groups excluding carboxylic acids is 2. The standard InChI is InChI=1S/C19H19F3N2O3/c1-27-18(26)14-7-5-13(6-8-14)9-10-23-17(25)12-24-16-4-2-3-15(11-16)19(20,21)22/h2-8,11,24H,9-10,12H2,1H3,(H,23,25). The van der Waals surface area contributed by atoms with Crippen LogP contribution in [0.3, 0.4) is 0 Å². The molecule has 27 heavy (non-hydrogen) atoms. The fourth-order valence-electron chi connectivity index (χ4n) is 2.32. The van der Waals surface area contributed by atoms with Gasteiger partial charge in [-0.2, -0.15) is 13.2 Å². The van der Waals surface area contributed by atoms with Crippen LogP contribution in [0.4, 0.5) is 18.9 Å². The molecule has 0 spiro atoms. The van der Waals surface area contributed by atoms with Crippen LogP contribution < -0.4 is 10.6 Å². The fourth-order valence-corrected chi connectivity index (χ4v) is 2.32. The van der Waals surface area contributed by atoms with Crippen LogP contribution in [-0.4, -0.2) is 32.1 Å². The Kier molecular flexibility index (Phi) is 6.81. The molecule has 0 aromatic heterocycles. The van der Waals surface area contributed by atoms with Crippen LogP contribution in [-0.2, 0) is 22.1 Å². The summed E-state index contributed by atoms with van der Waals surface area (Å²) in [7, 11) is 1.30. The molecule has 0 heterocycles. The molecule has 2 rings (SSSR count). The fraction of sp³-hybridized carbons (Fsp3) is 0.263. The third kappa shape index (κ3) is 6.32. The van der Waals surface area contributed by atoms with Gasteiger partial charge in [-0.25, -0.2) is 4.79 Å². The lowest BCUT2D eigenvalue weighted by atomic mass is 10.1. The molecule has 1 amide bonds. The summed E-state index contributed by atoms with van der Waals surface area (Å²) in [6.45, 7) is 0.225. The Morgan fingerprint density at radius 3 is 2.41 bits per heavy atom. The maximum atomic E-state index is 12.7. The van der Waals surface area contributed by atoms with E-state index in [4.69, 9.17) is 0 Å². The van der Waals surface area contributed by atoms with E-state index < -0.39 is 17.7 Å². The Hall–Kier alpha value is -3.03. The van der Waals surface area contributed by atoms with Gasteiger partial charge in [0.15, 0.2) is 0 Å². The molecule has 2 aromatic carbocycles. The minimum absolute atomic E-state index is 0.136. The molecule has 0 bridgehead atoms. The second-order valence-electron chi connectivity index (χ2n) is 5.72. The van der Waals surface area contributed by atoms with Crippen LogP contribution in [0.1, 0.15) is 21.5 Å². The first-order chi connectivity index (χ1) is 12.8. The Morgan fingerprint density at radius 2 is 1.78 bits per heavy atom. The van der Waals surface area contributed by atoms with Crippen molar-refractivity contribution in [3.8, 4) is 0 Å². The first kappa shape index (κ1) is 20.3. The van der Waals surface area contributed by atoms with Crippen LogP contribution in [0.15, 0.2) is 48.5 Å². The molecule has 0 saturated heterocycles. The number of benzene rings is 2. The smallest absolute Gasteiger partial charge is 0.416 e. The van der Waals surface area contributed by atoms with Gasteiger partial charge in [-0.15, -0.1) is 0 Å². The van der Waals surface area contributed by atoms with Crippen LogP contribution in [0, 0.1) is 0 Å². The van der Waals surface area contributed by atoms with E-state index in [0.717, 1.165) is 17.7 Å². The molecular formula is C19H19F3N2O3. The zero-order valence-electron chi connectivity index (χ0n) is 14.6. The summed E-state index contributed by atoms with van der Waals surface area (Å²) in [6, 6.07) is 11.5. The largest absolute Gasteiger partial charge is 0.465 e. The van der Waals surface area contributed by atoms with E-state index in [1.54, 1.807) is 24.3 Å². The third-order valence-corrected chi connectivity index (χ3v) is 3.75. The first-order valence-corrected chi connectivity index (χ1v) is 8.14. The van der Waals surface area contributed by atoms with Crippen molar-refractivity contribution < 1.29 is 27.5 Å². The number of hydrogen-bond donors (Lipinski definition) is 2. The SMILES string of the molecule is COC(=O)c1ccc(CCNC(=O)CNc2cccc(C(F)(F)F)c2)cc1. The highest BCUT2D eigenvalue weighted by atomic mass is 19.4. The van der Waals surface area contributed by atoms with E-state index in [9.17, 15) is 22.8 Å². The molecule has 0 unspecified atom stereocenters. The van der Waals surface area contributed by atoms with Crippen molar-refractivity contribution in [1.29, 1.82) is 0 Å². The second kappa shape index (κ2) is 9.07. The average Bonchev–Trinajstić information content (AvgIpc) is 2.66. The summed E-state index contributed by atoms with van der Waals surface area (Å²) >= 11 is 0. The average molecular weight is 380 g/mol. The number of nitrogens with one attached hydrogen (secondary N) is 2. The summed E-state index contributed by atoms with van der Waals surface area (Å²) in [5.74, 6) is -0.755. The van der Waals surface area contributed by atoms with Crippen LogP contribution in [0.5, 0.6) is 0 Å². The second-order valence-corrected chi connectivity index (χ2v) is 5.72. The maximum absolute atomic E-state index is 12.7. The molecule has 2 N–H and O–H groups in total. The number of ether oxygens (including phenoxy) is 1. The normalized spacial score (nSPS) is 11.0. The Morgan fingerprint density at radius 1 is 1.07 bits per heavy atom. The molecule has 0 saturated carbocycles. The summed E-state index contributed by atoms with van der Waals surface area (Å²) < 4.78 is 42.6. The van der Waals surface area contributed by atoms with E-state index in [1.165, 1.54) is 19.2 Å². The van der Waals surface area contributed by atoms with Crippen molar-refractivity contribution in [2.75, 3.05) is 25.5 Å². The number of anilines is 1. The van der Waals surface area contributed by atoms with Gasteiger partial charge in [-0.1, -0.05) is 18.2 Å². The number of alkyl halides is 3. The molecule has 8 heteroatoms. The topological polar surface area (TPSA) is 67.4 Å². The van der Waals surface area contributed by atoms with E-state index in [0.29, 0.717) is 18.5 Å². The number of hydrogen-bond acceptors (Lipinski definition) is 4. The molecular weight excluding hydrogens is 361 g/mol. The van der Waals surface area contributed by atoms with Crippen molar-refractivity contribution in [3.05, 3.63) is 65.2 Å². The molecule has 0 aliphatic rings. The van der Waals surface area contributed by atoms with Gasteiger partial charge in [-0.05, 0) is 42.3 Å². The summed E-state index contributed by atoms with van der Waals surface area (Å²) in [5.41, 5.74) is 0.811. The zero-order valence-corrected chi connectivity index (χ0v) is 14.6. The lowest BCUT2D eigenvalue weighted by molar-refractivity contribution is -0.137. The molecule has 5 nitrogen and oxygen atoms in total. The number of carbonyl (C=O) groups is 2. The van der Waals surface area contributed by atoms with Gasteiger partial charge in [0.25, 0.3) is 0 Å². The van der Waals surface area contributed by atoms with E-state index in [2.05, 4.69) is 15.4 Å². The highest BCUT2D eigenvalue weighted by molar-refractivity contribution is 5.89. The lowest BCUT2D eigenvalue weighted by Crippen LogP contribution is -2.31. The van der Waals surface area contributed by atoms with Crippen molar-refractivity contribution >= 4 is 17.6 Å².